The highest BCUT2D eigenvalue weighted by atomic mass is 19.4. The second-order valence-electron chi connectivity index (χ2n) is 7.81. The molecule has 5 nitrogen and oxygen atoms in total. The molecule has 1 saturated heterocycles. The van der Waals surface area contributed by atoms with Crippen LogP contribution in [0.5, 0.6) is 0 Å². The van der Waals surface area contributed by atoms with Crippen molar-refractivity contribution in [3.05, 3.63) is 70.5 Å². The van der Waals surface area contributed by atoms with Gasteiger partial charge in [-0.2, -0.15) is 26.3 Å². The second kappa shape index (κ2) is 9.61. The molecule has 1 unspecified atom stereocenters. The van der Waals surface area contributed by atoms with Gasteiger partial charge in [0, 0.05) is 26.2 Å². The van der Waals surface area contributed by atoms with E-state index in [4.69, 9.17) is 5.73 Å². The predicted molar refractivity (Wildman–Crippen MR) is 107 cm³/mol. The van der Waals surface area contributed by atoms with Gasteiger partial charge in [-0.05, 0) is 36.2 Å². The average Bonchev–Trinajstić information content (AvgIpc) is 2.77. The van der Waals surface area contributed by atoms with Crippen LogP contribution in [0.1, 0.15) is 27.0 Å². The first kappa shape index (κ1) is 25.5. The van der Waals surface area contributed by atoms with Crippen molar-refractivity contribution < 1.29 is 40.3 Å². The number of amides is 2. The van der Waals surface area contributed by atoms with E-state index in [1.807, 2.05) is 0 Å². The summed E-state index contributed by atoms with van der Waals surface area (Å²) in [7, 11) is 0. The summed E-state index contributed by atoms with van der Waals surface area (Å²) in [5, 5.41) is 0. The lowest BCUT2D eigenvalue weighted by molar-refractivity contribution is -0.138. The van der Waals surface area contributed by atoms with Crippen LogP contribution in [0.25, 0.3) is 0 Å². The standard InChI is InChI=1S/C22H20F7N3O2/c23-15-4-5-17(22(27,28)29)16(12-15)19(33)31-6-8-32(9-7-31)20(34)18(30)11-13-2-1-3-14(10-13)21(24,25)26/h1-5,10,12,18H,6-9,11,30H2. The quantitative estimate of drug-likeness (QED) is 0.664. The van der Waals surface area contributed by atoms with Crippen LogP contribution in [0, 0.1) is 5.82 Å². The molecule has 2 aromatic carbocycles. The number of alkyl halides is 6. The average molecular weight is 491 g/mol. The molecule has 12 heteroatoms. The normalized spacial score (nSPS) is 15.9. The molecule has 2 aromatic rings. The molecular weight excluding hydrogens is 471 g/mol. The second-order valence-corrected chi connectivity index (χ2v) is 7.81. The molecule has 1 fully saturated rings. The van der Waals surface area contributed by atoms with Crippen LogP contribution < -0.4 is 5.73 Å². The zero-order chi connectivity index (χ0) is 25.3. The molecule has 0 aliphatic carbocycles. The number of piperazine rings is 1. The van der Waals surface area contributed by atoms with Gasteiger partial charge in [-0.25, -0.2) is 4.39 Å². The molecule has 2 N–H and O–H groups in total. The summed E-state index contributed by atoms with van der Waals surface area (Å²) < 4.78 is 91.8. The molecule has 0 spiro atoms. The Morgan fingerprint density at radius 2 is 1.50 bits per heavy atom. The van der Waals surface area contributed by atoms with Gasteiger partial charge in [0.05, 0.1) is 22.7 Å². The number of nitrogens with zero attached hydrogens (tertiary/aromatic N) is 2. The van der Waals surface area contributed by atoms with E-state index in [0.29, 0.717) is 18.2 Å². The highest BCUT2D eigenvalue weighted by molar-refractivity contribution is 5.96. The summed E-state index contributed by atoms with van der Waals surface area (Å²) in [5.74, 6) is -2.58. The zero-order valence-corrected chi connectivity index (χ0v) is 17.6. The SMILES string of the molecule is NC(Cc1cccc(C(F)(F)F)c1)C(=O)N1CCN(C(=O)c2cc(F)ccc2C(F)(F)F)CC1. The smallest absolute Gasteiger partial charge is 0.338 e. The molecule has 1 heterocycles. The lowest BCUT2D eigenvalue weighted by Gasteiger charge is -2.36. The summed E-state index contributed by atoms with van der Waals surface area (Å²) in [6, 6.07) is 4.91. The van der Waals surface area contributed by atoms with E-state index < -0.39 is 52.7 Å². The van der Waals surface area contributed by atoms with Crippen molar-refractivity contribution >= 4 is 11.8 Å². The molecule has 0 bridgehead atoms. The van der Waals surface area contributed by atoms with Gasteiger partial charge in [-0.15, -0.1) is 0 Å². The molecule has 0 saturated carbocycles. The highest BCUT2D eigenvalue weighted by Crippen LogP contribution is 2.33. The third kappa shape index (κ3) is 5.85. The van der Waals surface area contributed by atoms with Crippen molar-refractivity contribution in [3.8, 4) is 0 Å². The van der Waals surface area contributed by atoms with E-state index in [-0.39, 0.29) is 38.2 Å². The molecule has 184 valence electrons. The Kier molecular flexibility index (Phi) is 7.20. The summed E-state index contributed by atoms with van der Waals surface area (Å²) >= 11 is 0. The summed E-state index contributed by atoms with van der Waals surface area (Å²) in [6.07, 6.45) is -9.55. The molecule has 1 aliphatic rings. The van der Waals surface area contributed by atoms with E-state index >= 15 is 0 Å². The number of benzene rings is 2. The fraction of sp³-hybridized carbons (Fsp3) is 0.364. The van der Waals surface area contributed by atoms with E-state index in [0.717, 1.165) is 17.0 Å². The number of rotatable bonds is 4. The van der Waals surface area contributed by atoms with Crippen LogP contribution in [-0.4, -0.2) is 53.8 Å². The molecule has 0 radical (unpaired) electrons. The maximum Gasteiger partial charge on any atom is 0.417 e. The summed E-state index contributed by atoms with van der Waals surface area (Å²) in [5.41, 5.74) is 3.15. The first-order valence-electron chi connectivity index (χ1n) is 10.1. The van der Waals surface area contributed by atoms with Crippen LogP contribution in [0.15, 0.2) is 42.5 Å². The topological polar surface area (TPSA) is 66.6 Å². The maximum absolute atomic E-state index is 13.5. The third-order valence-corrected chi connectivity index (χ3v) is 5.42. The molecule has 2 amide bonds. The van der Waals surface area contributed by atoms with Gasteiger partial charge in [0.15, 0.2) is 0 Å². The Labute approximate surface area is 189 Å². The van der Waals surface area contributed by atoms with Crippen molar-refractivity contribution in [2.45, 2.75) is 24.8 Å². The maximum atomic E-state index is 13.5. The molecule has 0 aromatic heterocycles. The van der Waals surface area contributed by atoms with Crippen molar-refractivity contribution in [2.24, 2.45) is 5.73 Å². The first-order chi connectivity index (χ1) is 15.8. The van der Waals surface area contributed by atoms with Crippen molar-refractivity contribution in [1.82, 2.24) is 9.80 Å². The van der Waals surface area contributed by atoms with Crippen LogP contribution in [0.3, 0.4) is 0 Å². The van der Waals surface area contributed by atoms with Crippen molar-refractivity contribution in [2.75, 3.05) is 26.2 Å². The Hall–Kier alpha value is -3.15. The lowest BCUT2D eigenvalue weighted by atomic mass is 10.0. The van der Waals surface area contributed by atoms with Gasteiger partial charge in [0.2, 0.25) is 5.91 Å². The van der Waals surface area contributed by atoms with E-state index in [1.54, 1.807) is 0 Å². The van der Waals surface area contributed by atoms with Crippen molar-refractivity contribution in [1.29, 1.82) is 0 Å². The van der Waals surface area contributed by atoms with Crippen molar-refractivity contribution in [3.63, 3.8) is 0 Å². The van der Waals surface area contributed by atoms with Gasteiger partial charge in [0.25, 0.3) is 5.91 Å². The van der Waals surface area contributed by atoms with Gasteiger partial charge in [-0.3, -0.25) is 9.59 Å². The third-order valence-electron chi connectivity index (χ3n) is 5.42. The fourth-order valence-corrected chi connectivity index (χ4v) is 3.69. The van der Waals surface area contributed by atoms with E-state index in [9.17, 15) is 40.3 Å². The van der Waals surface area contributed by atoms with Crippen LogP contribution >= 0.6 is 0 Å². The Bertz CT molecular complexity index is 1060. The highest BCUT2D eigenvalue weighted by Gasteiger charge is 2.37. The minimum Gasteiger partial charge on any atom is -0.338 e. The Morgan fingerprint density at radius 1 is 0.882 bits per heavy atom. The summed E-state index contributed by atoms with van der Waals surface area (Å²) in [6.45, 7) is -0.321. The Morgan fingerprint density at radius 3 is 2.09 bits per heavy atom. The van der Waals surface area contributed by atoms with E-state index in [1.165, 1.54) is 17.0 Å². The van der Waals surface area contributed by atoms with Crippen LogP contribution in [0.4, 0.5) is 30.7 Å². The minimum absolute atomic E-state index is 0.0441. The van der Waals surface area contributed by atoms with Crippen LogP contribution in [0.2, 0.25) is 0 Å². The monoisotopic (exact) mass is 491 g/mol. The minimum atomic E-state index is -4.85. The largest absolute Gasteiger partial charge is 0.417 e. The predicted octanol–water partition coefficient (Wildman–Crippen LogP) is 3.72. The number of hydrogen-bond donors (Lipinski definition) is 1. The summed E-state index contributed by atoms with van der Waals surface area (Å²) in [4.78, 5) is 27.6. The van der Waals surface area contributed by atoms with E-state index in [2.05, 4.69) is 0 Å². The fourth-order valence-electron chi connectivity index (χ4n) is 3.69. The number of hydrogen-bond acceptors (Lipinski definition) is 3. The number of carbonyl (C=O) groups is 2. The first-order valence-corrected chi connectivity index (χ1v) is 10.1. The van der Waals surface area contributed by atoms with Gasteiger partial charge >= 0.3 is 12.4 Å². The number of carbonyl (C=O) groups excluding carboxylic acids is 2. The molecule has 1 atom stereocenters. The molecule has 3 rings (SSSR count). The van der Waals surface area contributed by atoms with Gasteiger partial charge < -0.3 is 15.5 Å². The number of halogens is 7. The molecule has 1 aliphatic heterocycles. The number of nitrogens with two attached hydrogens (primary N) is 1. The molecule has 34 heavy (non-hydrogen) atoms. The van der Waals surface area contributed by atoms with Gasteiger partial charge in [-0.1, -0.05) is 18.2 Å². The Balaban J connectivity index is 1.63. The van der Waals surface area contributed by atoms with Crippen LogP contribution in [-0.2, 0) is 23.6 Å². The zero-order valence-electron chi connectivity index (χ0n) is 17.6. The van der Waals surface area contributed by atoms with Gasteiger partial charge in [0.1, 0.15) is 5.82 Å². The molecular formula is C22H20F7N3O2. The lowest BCUT2D eigenvalue weighted by Crippen LogP contribution is -2.54.